The standard InChI is InChI=1S/C14H13ClN2O2/c1-19-12-4-2-3-10(7-12)8-14(18)17-13-9-11(15)5-6-16-13/h2-7,9H,8H2,1H3,(H,16,17,18). The number of rotatable bonds is 4. The quantitative estimate of drug-likeness (QED) is 0.934. The van der Waals surface area contributed by atoms with Crippen LogP contribution in [0.4, 0.5) is 5.82 Å². The Morgan fingerprint density at radius 3 is 2.95 bits per heavy atom. The monoisotopic (exact) mass is 276 g/mol. The molecule has 0 aliphatic rings. The van der Waals surface area contributed by atoms with Crippen molar-refractivity contribution in [1.82, 2.24) is 4.98 Å². The molecule has 0 atom stereocenters. The number of hydrogen-bond acceptors (Lipinski definition) is 3. The molecular formula is C14H13ClN2O2. The molecule has 19 heavy (non-hydrogen) atoms. The summed E-state index contributed by atoms with van der Waals surface area (Å²) in [5.74, 6) is 1.02. The molecule has 0 saturated heterocycles. The van der Waals surface area contributed by atoms with Gasteiger partial charge in [-0.05, 0) is 29.8 Å². The number of ether oxygens (including phenoxy) is 1. The Morgan fingerprint density at radius 1 is 1.37 bits per heavy atom. The van der Waals surface area contributed by atoms with Crippen LogP contribution in [0.1, 0.15) is 5.56 Å². The highest BCUT2D eigenvalue weighted by molar-refractivity contribution is 6.30. The molecule has 98 valence electrons. The number of aromatic nitrogens is 1. The summed E-state index contributed by atoms with van der Waals surface area (Å²) < 4.78 is 5.11. The molecule has 0 bridgehead atoms. The predicted octanol–water partition coefficient (Wildman–Crippen LogP) is 2.92. The van der Waals surface area contributed by atoms with Crippen LogP contribution in [0.25, 0.3) is 0 Å². The van der Waals surface area contributed by atoms with E-state index in [1.807, 2.05) is 24.3 Å². The summed E-state index contributed by atoms with van der Waals surface area (Å²) in [6.45, 7) is 0. The van der Waals surface area contributed by atoms with Gasteiger partial charge in [0.1, 0.15) is 11.6 Å². The Kier molecular flexibility index (Phi) is 4.36. The maximum absolute atomic E-state index is 11.9. The Morgan fingerprint density at radius 2 is 2.21 bits per heavy atom. The third-order valence-electron chi connectivity index (χ3n) is 2.49. The van der Waals surface area contributed by atoms with Crippen molar-refractivity contribution in [3.63, 3.8) is 0 Å². The Hall–Kier alpha value is -2.07. The summed E-state index contributed by atoms with van der Waals surface area (Å²) in [6, 6.07) is 10.6. The summed E-state index contributed by atoms with van der Waals surface area (Å²) in [5, 5.41) is 3.23. The summed E-state index contributed by atoms with van der Waals surface area (Å²) in [6.07, 6.45) is 1.80. The van der Waals surface area contributed by atoms with Gasteiger partial charge in [-0.2, -0.15) is 0 Å². The number of pyridine rings is 1. The van der Waals surface area contributed by atoms with Crippen LogP contribution in [0.15, 0.2) is 42.6 Å². The van der Waals surface area contributed by atoms with Gasteiger partial charge in [0, 0.05) is 11.2 Å². The minimum Gasteiger partial charge on any atom is -0.497 e. The molecule has 1 heterocycles. The molecule has 0 unspecified atom stereocenters. The van der Waals surface area contributed by atoms with Crippen molar-refractivity contribution in [2.24, 2.45) is 0 Å². The van der Waals surface area contributed by atoms with Gasteiger partial charge in [-0.25, -0.2) is 4.98 Å². The average Bonchev–Trinajstić information content (AvgIpc) is 2.38. The van der Waals surface area contributed by atoms with E-state index in [0.717, 1.165) is 11.3 Å². The summed E-state index contributed by atoms with van der Waals surface area (Å²) in [4.78, 5) is 15.9. The van der Waals surface area contributed by atoms with Crippen LogP contribution >= 0.6 is 11.6 Å². The molecule has 2 aromatic rings. The number of amides is 1. The van der Waals surface area contributed by atoms with Gasteiger partial charge < -0.3 is 10.1 Å². The Labute approximate surface area is 116 Å². The van der Waals surface area contributed by atoms with E-state index >= 15 is 0 Å². The van der Waals surface area contributed by atoms with E-state index in [-0.39, 0.29) is 12.3 Å². The number of carbonyl (C=O) groups excluding carboxylic acids is 1. The van der Waals surface area contributed by atoms with Gasteiger partial charge in [0.2, 0.25) is 5.91 Å². The van der Waals surface area contributed by atoms with Crippen LogP contribution in [0.2, 0.25) is 5.02 Å². The lowest BCUT2D eigenvalue weighted by Crippen LogP contribution is -2.15. The molecule has 2 rings (SSSR count). The zero-order valence-corrected chi connectivity index (χ0v) is 11.1. The third-order valence-corrected chi connectivity index (χ3v) is 2.72. The van der Waals surface area contributed by atoms with Crippen LogP contribution in [0.3, 0.4) is 0 Å². The highest BCUT2D eigenvalue weighted by Crippen LogP contribution is 2.15. The second-order valence-electron chi connectivity index (χ2n) is 3.94. The van der Waals surface area contributed by atoms with E-state index in [9.17, 15) is 4.79 Å². The minimum absolute atomic E-state index is 0.150. The molecule has 0 aliphatic heterocycles. The molecule has 0 saturated carbocycles. The number of nitrogens with one attached hydrogen (secondary N) is 1. The van der Waals surface area contributed by atoms with Crippen molar-refractivity contribution < 1.29 is 9.53 Å². The van der Waals surface area contributed by atoms with Gasteiger partial charge in [0.15, 0.2) is 0 Å². The highest BCUT2D eigenvalue weighted by atomic mass is 35.5. The van der Waals surface area contributed by atoms with E-state index in [1.165, 1.54) is 0 Å². The molecular weight excluding hydrogens is 264 g/mol. The van der Waals surface area contributed by atoms with E-state index < -0.39 is 0 Å². The van der Waals surface area contributed by atoms with E-state index in [1.54, 1.807) is 25.4 Å². The van der Waals surface area contributed by atoms with Crippen molar-refractivity contribution in [1.29, 1.82) is 0 Å². The fourth-order valence-corrected chi connectivity index (χ4v) is 1.79. The van der Waals surface area contributed by atoms with E-state index in [4.69, 9.17) is 16.3 Å². The molecule has 5 heteroatoms. The second-order valence-corrected chi connectivity index (χ2v) is 4.37. The van der Waals surface area contributed by atoms with Gasteiger partial charge in [-0.1, -0.05) is 23.7 Å². The van der Waals surface area contributed by atoms with E-state index in [0.29, 0.717) is 10.8 Å². The lowest BCUT2D eigenvalue weighted by atomic mass is 10.1. The molecule has 0 radical (unpaired) electrons. The Balaban J connectivity index is 2.01. The van der Waals surface area contributed by atoms with Gasteiger partial charge in [0.05, 0.1) is 13.5 Å². The highest BCUT2D eigenvalue weighted by Gasteiger charge is 2.06. The van der Waals surface area contributed by atoms with Crippen LogP contribution < -0.4 is 10.1 Å². The number of hydrogen-bond donors (Lipinski definition) is 1. The van der Waals surface area contributed by atoms with Crippen LogP contribution in [-0.2, 0) is 11.2 Å². The van der Waals surface area contributed by atoms with Gasteiger partial charge >= 0.3 is 0 Å². The number of halogens is 1. The first-order chi connectivity index (χ1) is 9.17. The summed E-state index contributed by atoms with van der Waals surface area (Å²) in [7, 11) is 1.59. The molecule has 0 spiro atoms. The zero-order chi connectivity index (χ0) is 13.7. The molecule has 1 aromatic heterocycles. The summed E-state index contributed by atoms with van der Waals surface area (Å²) in [5.41, 5.74) is 0.874. The fraction of sp³-hybridized carbons (Fsp3) is 0.143. The largest absolute Gasteiger partial charge is 0.497 e. The lowest BCUT2D eigenvalue weighted by molar-refractivity contribution is -0.115. The topological polar surface area (TPSA) is 51.2 Å². The fourth-order valence-electron chi connectivity index (χ4n) is 1.63. The molecule has 1 amide bonds. The smallest absolute Gasteiger partial charge is 0.229 e. The SMILES string of the molecule is COc1cccc(CC(=O)Nc2cc(Cl)ccn2)c1. The maximum atomic E-state index is 11.9. The van der Waals surface area contributed by atoms with Crippen molar-refractivity contribution in [3.8, 4) is 5.75 Å². The van der Waals surface area contributed by atoms with Gasteiger partial charge in [-0.15, -0.1) is 0 Å². The lowest BCUT2D eigenvalue weighted by Gasteiger charge is -2.06. The van der Waals surface area contributed by atoms with E-state index in [2.05, 4.69) is 10.3 Å². The van der Waals surface area contributed by atoms with Crippen molar-refractivity contribution in [2.75, 3.05) is 12.4 Å². The second kappa shape index (κ2) is 6.20. The number of anilines is 1. The predicted molar refractivity (Wildman–Crippen MR) is 74.6 cm³/mol. The molecule has 0 fully saturated rings. The van der Waals surface area contributed by atoms with Crippen LogP contribution in [0.5, 0.6) is 5.75 Å². The van der Waals surface area contributed by atoms with Crippen molar-refractivity contribution in [2.45, 2.75) is 6.42 Å². The molecule has 1 aromatic carbocycles. The van der Waals surface area contributed by atoms with Crippen molar-refractivity contribution in [3.05, 3.63) is 53.2 Å². The first-order valence-electron chi connectivity index (χ1n) is 5.72. The normalized spacial score (nSPS) is 10.0. The molecule has 1 N–H and O–H groups in total. The maximum Gasteiger partial charge on any atom is 0.229 e. The first-order valence-corrected chi connectivity index (χ1v) is 6.09. The number of nitrogens with zero attached hydrogens (tertiary/aromatic N) is 1. The number of benzene rings is 1. The molecule has 0 aliphatic carbocycles. The number of methoxy groups -OCH3 is 1. The van der Waals surface area contributed by atoms with Gasteiger partial charge in [0.25, 0.3) is 0 Å². The zero-order valence-electron chi connectivity index (χ0n) is 10.4. The average molecular weight is 277 g/mol. The van der Waals surface area contributed by atoms with Crippen LogP contribution in [-0.4, -0.2) is 18.0 Å². The third kappa shape index (κ3) is 3.96. The summed E-state index contributed by atoms with van der Waals surface area (Å²) >= 11 is 5.82. The Bertz CT molecular complexity index is 587. The first kappa shape index (κ1) is 13.4. The minimum atomic E-state index is -0.150. The van der Waals surface area contributed by atoms with Gasteiger partial charge in [-0.3, -0.25) is 4.79 Å². The van der Waals surface area contributed by atoms with Crippen molar-refractivity contribution >= 4 is 23.3 Å². The van der Waals surface area contributed by atoms with Crippen LogP contribution in [0, 0.1) is 0 Å². The molecule has 4 nitrogen and oxygen atoms in total. The number of carbonyl (C=O) groups is 1.